The number of carbonyl (C=O) groups is 1. The van der Waals surface area contributed by atoms with Crippen LogP contribution in [-0.2, 0) is 9.53 Å². The van der Waals surface area contributed by atoms with Gasteiger partial charge in [0, 0.05) is 38.4 Å². The van der Waals surface area contributed by atoms with E-state index in [1.54, 1.807) is 0 Å². The lowest BCUT2D eigenvalue weighted by Gasteiger charge is -2.35. The number of rotatable bonds is 10. The summed E-state index contributed by atoms with van der Waals surface area (Å²) in [6.45, 7) is 6.44. The first-order valence-corrected chi connectivity index (χ1v) is 12.3. The zero-order chi connectivity index (χ0) is 24.5. The van der Waals surface area contributed by atoms with Crippen LogP contribution in [0.1, 0.15) is 22.8 Å². The molecule has 2 N–H and O–H groups in total. The van der Waals surface area contributed by atoms with Crippen LogP contribution in [0.4, 0.5) is 5.69 Å². The van der Waals surface area contributed by atoms with Gasteiger partial charge in [0.05, 0.1) is 19.3 Å². The summed E-state index contributed by atoms with van der Waals surface area (Å²) in [4.78, 5) is 16.8. The number of aliphatic hydroxyl groups excluding tert-OH is 1. The predicted octanol–water partition coefficient (Wildman–Crippen LogP) is 3.72. The fourth-order valence-electron chi connectivity index (χ4n) is 4.37. The van der Waals surface area contributed by atoms with Gasteiger partial charge in [0.1, 0.15) is 6.10 Å². The number of piperazine rings is 1. The summed E-state index contributed by atoms with van der Waals surface area (Å²) in [6.07, 6.45) is -0.794. The number of anilines is 1. The molecule has 0 radical (unpaired) electrons. The molecule has 1 amide bonds. The van der Waals surface area contributed by atoms with Crippen molar-refractivity contribution in [3.8, 4) is 0 Å². The summed E-state index contributed by atoms with van der Waals surface area (Å²) in [5.41, 5.74) is 4.14. The lowest BCUT2D eigenvalue weighted by Crippen LogP contribution is -2.50. The van der Waals surface area contributed by atoms with E-state index in [1.165, 1.54) is 5.56 Å². The van der Waals surface area contributed by atoms with E-state index in [-0.39, 0.29) is 18.6 Å². The Morgan fingerprint density at radius 1 is 0.857 bits per heavy atom. The maximum Gasteiger partial charge on any atom is 0.238 e. The number of aliphatic hydroxyl groups is 1. The molecule has 0 bridgehead atoms. The smallest absolute Gasteiger partial charge is 0.238 e. The molecule has 184 valence electrons. The number of hydrogen-bond acceptors (Lipinski definition) is 5. The highest BCUT2D eigenvalue weighted by molar-refractivity contribution is 5.92. The van der Waals surface area contributed by atoms with Gasteiger partial charge in [0.15, 0.2) is 0 Å². The number of ether oxygens (including phenoxy) is 1. The van der Waals surface area contributed by atoms with Crippen LogP contribution in [0.15, 0.2) is 84.9 Å². The molecule has 1 aliphatic rings. The van der Waals surface area contributed by atoms with E-state index in [0.29, 0.717) is 13.1 Å². The molecule has 1 heterocycles. The van der Waals surface area contributed by atoms with Gasteiger partial charge in [-0.25, -0.2) is 0 Å². The Hall–Kier alpha value is -3.03. The van der Waals surface area contributed by atoms with E-state index >= 15 is 0 Å². The van der Waals surface area contributed by atoms with Gasteiger partial charge in [-0.2, -0.15) is 0 Å². The Morgan fingerprint density at radius 2 is 1.40 bits per heavy atom. The minimum Gasteiger partial charge on any atom is -0.389 e. The minimum atomic E-state index is -0.582. The van der Waals surface area contributed by atoms with E-state index < -0.39 is 6.10 Å². The normalized spacial score (nSPS) is 15.7. The van der Waals surface area contributed by atoms with Crippen LogP contribution < -0.4 is 5.32 Å². The molecule has 0 aromatic heterocycles. The molecule has 0 aliphatic carbocycles. The Kier molecular flexibility index (Phi) is 9.03. The Morgan fingerprint density at radius 3 is 1.97 bits per heavy atom. The third-order valence-corrected chi connectivity index (χ3v) is 6.30. The second-order valence-corrected chi connectivity index (χ2v) is 9.18. The van der Waals surface area contributed by atoms with Crippen molar-refractivity contribution >= 4 is 11.6 Å². The van der Waals surface area contributed by atoms with Gasteiger partial charge < -0.3 is 15.2 Å². The number of amides is 1. The maximum absolute atomic E-state index is 12.4. The highest BCUT2D eigenvalue weighted by Gasteiger charge is 2.22. The highest BCUT2D eigenvalue weighted by atomic mass is 16.5. The summed E-state index contributed by atoms with van der Waals surface area (Å²) in [7, 11) is 0. The van der Waals surface area contributed by atoms with E-state index in [4.69, 9.17) is 4.74 Å². The monoisotopic (exact) mass is 473 g/mol. The molecule has 6 heteroatoms. The number of hydrogen-bond donors (Lipinski definition) is 2. The number of nitrogens with zero attached hydrogens (tertiary/aromatic N) is 2. The quantitative estimate of drug-likeness (QED) is 0.470. The van der Waals surface area contributed by atoms with Crippen LogP contribution in [0.3, 0.4) is 0 Å². The molecule has 0 unspecified atom stereocenters. The summed E-state index contributed by atoms with van der Waals surface area (Å²) in [5.74, 6) is 0.00334. The Labute approximate surface area is 208 Å². The van der Waals surface area contributed by atoms with Crippen LogP contribution in [-0.4, -0.2) is 72.8 Å². The van der Waals surface area contributed by atoms with Crippen LogP contribution in [0.2, 0.25) is 0 Å². The first-order chi connectivity index (χ1) is 17.1. The van der Waals surface area contributed by atoms with Crippen molar-refractivity contribution < 1.29 is 14.6 Å². The van der Waals surface area contributed by atoms with Crippen LogP contribution in [0.5, 0.6) is 0 Å². The number of benzene rings is 3. The summed E-state index contributed by atoms with van der Waals surface area (Å²) >= 11 is 0. The van der Waals surface area contributed by atoms with Crippen molar-refractivity contribution in [2.24, 2.45) is 0 Å². The van der Waals surface area contributed by atoms with E-state index in [0.717, 1.165) is 43.0 Å². The van der Waals surface area contributed by atoms with E-state index in [1.807, 2.05) is 67.6 Å². The van der Waals surface area contributed by atoms with Crippen molar-refractivity contribution in [3.63, 3.8) is 0 Å². The van der Waals surface area contributed by atoms with Crippen LogP contribution >= 0.6 is 0 Å². The highest BCUT2D eigenvalue weighted by Crippen LogP contribution is 2.26. The van der Waals surface area contributed by atoms with Gasteiger partial charge in [0.25, 0.3) is 0 Å². The molecule has 4 rings (SSSR count). The van der Waals surface area contributed by atoms with Gasteiger partial charge in [0.2, 0.25) is 5.91 Å². The molecule has 3 aromatic carbocycles. The predicted molar refractivity (Wildman–Crippen MR) is 139 cm³/mol. The zero-order valence-electron chi connectivity index (χ0n) is 20.3. The fraction of sp³-hybridized carbons (Fsp3) is 0.345. The Bertz CT molecular complexity index is 996. The molecule has 3 aromatic rings. The topological polar surface area (TPSA) is 65.0 Å². The lowest BCUT2D eigenvalue weighted by atomic mass is 10.0. The second-order valence-electron chi connectivity index (χ2n) is 9.18. The fourth-order valence-corrected chi connectivity index (χ4v) is 4.37. The molecular formula is C29H35N3O3. The molecule has 1 fully saturated rings. The second kappa shape index (κ2) is 12.6. The SMILES string of the molecule is Cc1ccc(NC(=O)CN2CCN(C[C@@H](O)COC(c3ccccc3)c3ccccc3)CC2)cc1. The summed E-state index contributed by atoms with van der Waals surface area (Å²) < 4.78 is 6.22. The molecule has 35 heavy (non-hydrogen) atoms. The van der Waals surface area contributed by atoms with Gasteiger partial charge >= 0.3 is 0 Å². The van der Waals surface area contributed by atoms with Crippen LogP contribution in [0, 0.1) is 6.92 Å². The van der Waals surface area contributed by atoms with Crippen molar-refractivity contribution in [1.29, 1.82) is 0 Å². The summed E-state index contributed by atoms with van der Waals surface area (Å²) in [5, 5.41) is 13.7. The minimum absolute atomic E-state index is 0.00334. The average Bonchev–Trinajstić information content (AvgIpc) is 2.88. The number of aryl methyl sites for hydroxylation is 1. The van der Waals surface area contributed by atoms with Crippen molar-refractivity contribution in [2.75, 3.05) is 51.2 Å². The number of nitrogens with one attached hydrogen (secondary N) is 1. The molecule has 0 spiro atoms. The molecule has 1 aliphatic heterocycles. The maximum atomic E-state index is 12.4. The molecule has 1 saturated heterocycles. The summed E-state index contributed by atoms with van der Waals surface area (Å²) in [6, 6.07) is 28.1. The van der Waals surface area contributed by atoms with Crippen molar-refractivity contribution in [1.82, 2.24) is 9.80 Å². The molecular weight excluding hydrogens is 438 g/mol. The standard InChI is InChI=1S/C29H35N3O3/c1-23-12-14-26(15-13-23)30-28(34)21-32-18-16-31(17-19-32)20-27(33)22-35-29(24-8-4-2-5-9-24)25-10-6-3-7-11-25/h2-15,27,29,33H,16-22H2,1H3,(H,30,34)/t27-/m1/s1. The zero-order valence-corrected chi connectivity index (χ0v) is 20.3. The van der Waals surface area contributed by atoms with Gasteiger partial charge in [-0.15, -0.1) is 0 Å². The first kappa shape index (κ1) is 25.1. The van der Waals surface area contributed by atoms with Crippen LogP contribution in [0.25, 0.3) is 0 Å². The first-order valence-electron chi connectivity index (χ1n) is 12.3. The van der Waals surface area contributed by atoms with Crippen molar-refractivity contribution in [2.45, 2.75) is 19.1 Å². The van der Waals surface area contributed by atoms with Crippen molar-refractivity contribution in [3.05, 3.63) is 102 Å². The third-order valence-electron chi connectivity index (χ3n) is 6.30. The molecule has 1 atom stereocenters. The number of carbonyl (C=O) groups excluding carboxylic acids is 1. The third kappa shape index (κ3) is 7.73. The Balaban J connectivity index is 1.21. The lowest BCUT2D eigenvalue weighted by molar-refractivity contribution is -0.117. The van der Waals surface area contributed by atoms with Gasteiger partial charge in [-0.1, -0.05) is 78.4 Å². The average molecular weight is 474 g/mol. The van der Waals surface area contributed by atoms with Gasteiger partial charge in [-0.3, -0.25) is 14.6 Å². The largest absolute Gasteiger partial charge is 0.389 e. The number of β-amino-alcohol motifs (C(OH)–C–C–N with tert-alkyl or cyclic N) is 1. The van der Waals surface area contributed by atoms with E-state index in [9.17, 15) is 9.90 Å². The molecule has 6 nitrogen and oxygen atoms in total. The van der Waals surface area contributed by atoms with Gasteiger partial charge in [-0.05, 0) is 30.2 Å². The van der Waals surface area contributed by atoms with E-state index in [2.05, 4.69) is 39.4 Å². The molecule has 0 saturated carbocycles.